The molecule has 3 aromatic carbocycles. The molecule has 0 aromatic heterocycles. The van der Waals surface area contributed by atoms with Gasteiger partial charge in [-0.25, -0.2) is 0 Å². The topological polar surface area (TPSA) is 173 Å². The first kappa shape index (κ1) is 44.2. The molecule has 5 fully saturated rings. The van der Waals surface area contributed by atoms with Crippen molar-refractivity contribution in [3.05, 3.63) is 113 Å². The number of aliphatic hydroxyl groups is 1. The standard InChI is InChI=1S/C48H56N4O11/c1-46(2,3)60-38(55)25-23-34(29-53)49-43(56)35-21-14-26-51(35)45(58)47-27-36-39-40(62-48(61-39,32-17-8-6-9-18-32)33-19-10-7-11-20-33)42(47)63-52(41(47)44(57)59-36)28-31-16-13-12-15-30(31)22-24-37(54)50(4)5/h6-13,15-20,22,24,34-36,39-42,53H,14,21,23,25-29H2,1-5H3,(H,49,56). The van der Waals surface area contributed by atoms with Crippen molar-refractivity contribution in [2.45, 2.75) is 113 Å². The van der Waals surface area contributed by atoms with Crippen molar-refractivity contribution >= 4 is 35.7 Å². The van der Waals surface area contributed by atoms with E-state index in [1.54, 1.807) is 40.9 Å². The number of hydrogen-bond donors (Lipinski definition) is 2. The Kier molecular flexibility index (Phi) is 12.3. The number of benzene rings is 3. The molecule has 8 atom stereocenters. The summed E-state index contributed by atoms with van der Waals surface area (Å²) in [5, 5.41) is 14.6. The predicted molar refractivity (Wildman–Crippen MR) is 228 cm³/mol. The third kappa shape index (κ3) is 8.40. The van der Waals surface area contributed by atoms with Crippen LogP contribution >= 0.6 is 0 Å². The molecule has 4 saturated heterocycles. The third-order valence-electron chi connectivity index (χ3n) is 12.6. The lowest BCUT2D eigenvalue weighted by atomic mass is 9.62. The van der Waals surface area contributed by atoms with E-state index < -0.39 is 89.7 Å². The number of amides is 3. The Morgan fingerprint density at radius 2 is 1.60 bits per heavy atom. The number of nitrogens with one attached hydrogen (secondary N) is 1. The molecule has 3 amide bonds. The van der Waals surface area contributed by atoms with Gasteiger partial charge >= 0.3 is 11.9 Å². The summed E-state index contributed by atoms with van der Waals surface area (Å²) in [6.07, 6.45) is 0.407. The maximum atomic E-state index is 15.7. The summed E-state index contributed by atoms with van der Waals surface area (Å²) in [4.78, 5) is 79.5. The van der Waals surface area contributed by atoms with Gasteiger partial charge in [-0.2, -0.15) is 5.06 Å². The molecule has 0 radical (unpaired) electrons. The predicted octanol–water partition coefficient (Wildman–Crippen LogP) is 3.86. The average Bonchev–Trinajstić information content (AvgIpc) is 4.01. The van der Waals surface area contributed by atoms with Crippen LogP contribution in [0.4, 0.5) is 0 Å². The Morgan fingerprint density at radius 3 is 2.25 bits per heavy atom. The molecule has 15 heteroatoms. The molecule has 4 aliphatic heterocycles. The van der Waals surface area contributed by atoms with E-state index in [-0.39, 0.29) is 38.3 Å². The van der Waals surface area contributed by atoms with Crippen LogP contribution in [0.5, 0.6) is 0 Å². The summed E-state index contributed by atoms with van der Waals surface area (Å²) in [6, 6.07) is 23.4. The summed E-state index contributed by atoms with van der Waals surface area (Å²) in [5.41, 5.74) is 0.560. The zero-order valence-corrected chi connectivity index (χ0v) is 36.3. The lowest BCUT2D eigenvalue weighted by molar-refractivity contribution is -0.214. The van der Waals surface area contributed by atoms with Crippen LogP contribution in [0.1, 0.15) is 75.1 Å². The Hall–Kier alpha value is -5.45. The van der Waals surface area contributed by atoms with E-state index in [1.165, 1.54) is 20.9 Å². The van der Waals surface area contributed by atoms with E-state index >= 15 is 4.79 Å². The molecule has 2 bridgehead atoms. The fraction of sp³-hybridized carbons (Fsp3) is 0.479. The van der Waals surface area contributed by atoms with Gasteiger partial charge in [0, 0.05) is 50.7 Å². The van der Waals surface area contributed by atoms with Gasteiger partial charge in [-0.3, -0.25) is 28.8 Å². The quantitative estimate of drug-likeness (QED) is 0.188. The van der Waals surface area contributed by atoms with Crippen LogP contribution in [0.3, 0.4) is 0 Å². The monoisotopic (exact) mass is 864 g/mol. The van der Waals surface area contributed by atoms with Crippen LogP contribution in [0.2, 0.25) is 0 Å². The van der Waals surface area contributed by atoms with Gasteiger partial charge in [-0.1, -0.05) is 84.9 Å². The number of likely N-dealkylation sites (tertiary alicyclic amines) is 1. The molecular formula is C48H56N4O11. The number of nitrogens with zero attached hydrogens (tertiary/aromatic N) is 3. The van der Waals surface area contributed by atoms with Crippen LogP contribution in [0.25, 0.3) is 6.08 Å². The van der Waals surface area contributed by atoms with Gasteiger partial charge in [0.1, 0.15) is 41.5 Å². The largest absolute Gasteiger partial charge is 0.460 e. The van der Waals surface area contributed by atoms with Gasteiger partial charge in [-0.05, 0) is 57.2 Å². The summed E-state index contributed by atoms with van der Waals surface area (Å²) in [7, 11) is 3.32. The minimum Gasteiger partial charge on any atom is -0.460 e. The minimum atomic E-state index is -1.59. The number of carbonyl (C=O) groups is 5. The first-order chi connectivity index (χ1) is 30.1. The maximum Gasteiger partial charge on any atom is 0.327 e. The molecular weight excluding hydrogens is 809 g/mol. The second-order valence-electron chi connectivity index (χ2n) is 18.2. The second kappa shape index (κ2) is 17.6. The van der Waals surface area contributed by atoms with Gasteiger partial charge in [0.05, 0.1) is 19.2 Å². The van der Waals surface area contributed by atoms with Gasteiger partial charge < -0.3 is 39.2 Å². The van der Waals surface area contributed by atoms with Crippen LogP contribution in [-0.4, -0.2) is 125 Å². The van der Waals surface area contributed by atoms with Crippen molar-refractivity contribution in [2.75, 3.05) is 27.2 Å². The fourth-order valence-electron chi connectivity index (χ4n) is 9.73. The Morgan fingerprint density at radius 1 is 0.952 bits per heavy atom. The third-order valence-corrected chi connectivity index (χ3v) is 12.6. The average molecular weight is 865 g/mol. The Balaban J connectivity index is 1.15. The number of rotatable bonds is 13. The molecule has 1 saturated carbocycles. The van der Waals surface area contributed by atoms with E-state index in [9.17, 15) is 24.3 Å². The number of aliphatic hydroxyl groups excluding tert-OH is 1. The second-order valence-corrected chi connectivity index (χ2v) is 18.2. The molecule has 1 aliphatic carbocycles. The summed E-state index contributed by atoms with van der Waals surface area (Å²) >= 11 is 0. The van der Waals surface area contributed by atoms with Crippen LogP contribution in [0.15, 0.2) is 91.0 Å². The Bertz CT molecular complexity index is 2190. The normalized spacial score (nSPS) is 27.7. The summed E-state index contributed by atoms with van der Waals surface area (Å²) < 4.78 is 25.9. The van der Waals surface area contributed by atoms with E-state index in [2.05, 4.69) is 5.32 Å². The summed E-state index contributed by atoms with van der Waals surface area (Å²) in [6.45, 7) is 5.13. The van der Waals surface area contributed by atoms with Crippen LogP contribution in [0, 0.1) is 5.41 Å². The molecule has 8 rings (SSSR count). The molecule has 5 aliphatic rings. The molecule has 334 valence electrons. The number of hydrogen-bond acceptors (Lipinski definition) is 12. The van der Waals surface area contributed by atoms with Crippen molar-refractivity contribution < 1.29 is 52.9 Å². The van der Waals surface area contributed by atoms with Gasteiger partial charge in [0.25, 0.3) is 0 Å². The van der Waals surface area contributed by atoms with Crippen LogP contribution < -0.4 is 5.32 Å². The first-order valence-corrected chi connectivity index (χ1v) is 21.7. The highest BCUT2D eigenvalue weighted by molar-refractivity contribution is 5.97. The molecule has 4 heterocycles. The SMILES string of the molecule is CN(C)C(=O)C=Cc1ccccc1CN1OC2C3OC(c4ccccc4)(c4ccccc4)OC3C3CC2(C(=O)N2CCCC2C(=O)NC(CO)CCC(=O)OC(C)(C)C)C1C(=O)O3. The number of likely N-dealkylation sites (N-methyl/N-ethyl adjacent to an activating group) is 1. The zero-order chi connectivity index (χ0) is 44.7. The highest BCUT2D eigenvalue weighted by Crippen LogP contribution is 2.60. The highest BCUT2D eigenvalue weighted by atomic mass is 16.8. The van der Waals surface area contributed by atoms with E-state index in [4.69, 9.17) is 23.8 Å². The van der Waals surface area contributed by atoms with Crippen molar-refractivity contribution in [3.8, 4) is 0 Å². The molecule has 15 nitrogen and oxygen atoms in total. The van der Waals surface area contributed by atoms with Gasteiger partial charge in [0.2, 0.25) is 23.5 Å². The van der Waals surface area contributed by atoms with Crippen molar-refractivity contribution in [1.29, 1.82) is 0 Å². The van der Waals surface area contributed by atoms with E-state index in [0.717, 1.165) is 5.56 Å². The molecule has 63 heavy (non-hydrogen) atoms. The number of hydroxylamine groups is 2. The number of esters is 2. The van der Waals surface area contributed by atoms with Gasteiger partial charge in [0.15, 0.2) is 6.04 Å². The highest BCUT2D eigenvalue weighted by Gasteiger charge is 2.77. The smallest absolute Gasteiger partial charge is 0.327 e. The number of carbonyl (C=O) groups excluding carboxylic acids is 5. The lowest BCUT2D eigenvalue weighted by Gasteiger charge is -2.50. The molecule has 2 N–H and O–H groups in total. The lowest BCUT2D eigenvalue weighted by Crippen LogP contribution is -2.70. The molecule has 8 unspecified atom stereocenters. The number of ether oxygens (including phenoxy) is 4. The molecule has 0 spiro atoms. The van der Waals surface area contributed by atoms with Crippen molar-refractivity contribution in [3.63, 3.8) is 0 Å². The molecule has 3 aromatic rings. The zero-order valence-electron chi connectivity index (χ0n) is 36.3. The van der Waals surface area contributed by atoms with Crippen LogP contribution in [-0.2, 0) is 60.1 Å². The fourth-order valence-corrected chi connectivity index (χ4v) is 9.73. The maximum absolute atomic E-state index is 15.7. The van der Waals surface area contributed by atoms with Crippen molar-refractivity contribution in [2.24, 2.45) is 5.41 Å². The Labute approximate surface area is 367 Å². The van der Waals surface area contributed by atoms with E-state index in [0.29, 0.717) is 29.5 Å². The summed E-state index contributed by atoms with van der Waals surface area (Å²) in [5.74, 6) is -3.71. The first-order valence-electron chi connectivity index (χ1n) is 21.7. The number of fused-ring (bicyclic) bond motifs is 4. The van der Waals surface area contributed by atoms with Crippen molar-refractivity contribution in [1.82, 2.24) is 20.2 Å². The van der Waals surface area contributed by atoms with E-state index in [1.807, 2.05) is 84.9 Å². The minimum absolute atomic E-state index is 0.0256. The van der Waals surface area contributed by atoms with Gasteiger partial charge in [-0.15, -0.1) is 0 Å².